The van der Waals surface area contributed by atoms with Gasteiger partial charge in [-0.3, -0.25) is 0 Å². The lowest BCUT2D eigenvalue weighted by molar-refractivity contribution is 0.399. The lowest BCUT2D eigenvalue weighted by atomic mass is 10.4. The molecular formula is C6H8ClN3O. The molecule has 4 nitrogen and oxygen atoms in total. The Bertz CT molecular complexity index is 277. The molecule has 1 aromatic rings. The molecule has 1 heterocycles. The van der Waals surface area contributed by atoms with Crippen LogP contribution in [0.5, 0.6) is 5.88 Å². The summed E-state index contributed by atoms with van der Waals surface area (Å²) in [5, 5.41) is 0.360. The minimum atomic E-state index is 0.228. The summed E-state index contributed by atoms with van der Waals surface area (Å²) in [5.41, 5.74) is 11.2. The molecule has 5 heteroatoms. The zero-order chi connectivity index (χ0) is 8.43. The maximum Gasteiger partial charge on any atom is 0.234 e. The lowest BCUT2D eigenvalue weighted by Gasteiger charge is -2.04. The van der Waals surface area contributed by atoms with Crippen molar-refractivity contribution in [1.29, 1.82) is 0 Å². The standard InChI is InChI=1S/C6H8ClN3O/c1-11-6-3(7)2-4(8)5(9)10-6/h2H,8H2,1H3,(H2,9,10). The second kappa shape index (κ2) is 2.84. The Morgan fingerprint density at radius 2 is 2.18 bits per heavy atom. The van der Waals surface area contributed by atoms with E-state index in [9.17, 15) is 0 Å². The van der Waals surface area contributed by atoms with E-state index in [1.54, 1.807) is 0 Å². The summed E-state index contributed by atoms with van der Waals surface area (Å²) in [6.45, 7) is 0. The number of anilines is 2. The molecular weight excluding hydrogens is 166 g/mol. The smallest absolute Gasteiger partial charge is 0.234 e. The number of ether oxygens (including phenoxy) is 1. The van der Waals surface area contributed by atoms with Crippen molar-refractivity contribution in [3.05, 3.63) is 11.1 Å². The molecule has 0 radical (unpaired) electrons. The van der Waals surface area contributed by atoms with Gasteiger partial charge in [0.15, 0.2) is 5.82 Å². The van der Waals surface area contributed by atoms with E-state index in [2.05, 4.69) is 4.98 Å². The third-order valence-corrected chi connectivity index (χ3v) is 1.47. The lowest BCUT2D eigenvalue weighted by Crippen LogP contribution is -1.99. The number of hydrogen-bond acceptors (Lipinski definition) is 4. The SMILES string of the molecule is COc1nc(N)c(N)cc1Cl. The summed E-state index contributed by atoms with van der Waals surface area (Å²) >= 11 is 5.68. The first-order valence-electron chi connectivity index (χ1n) is 2.90. The molecule has 0 saturated heterocycles. The number of hydrogen-bond donors (Lipinski definition) is 2. The maximum absolute atomic E-state index is 5.68. The first-order chi connectivity index (χ1) is 5.15. The van der Waals surface area contributed by atoms with Crippen molar-refractivity contribution in [2.75, 3.05) is 18.6 Å². The van der Waals surface area contributed by atoms with E-state index < -0.39 is 0 Å². The molecule has 60 valence electrons. The highest BCUT2D eigenvalue weighted by Gasteiger charge is 2.04. The topological polar surface area (TPSA) is 74.2 Å². The number of nitrogens with zero attached hydrogens (tertiary/aromatic N) is 1. The molecule has 4 N–H and O–H groups in total. The molecule has 0 unspecified atom stereocenters. The normalized spacial score (nSPS) is 9.64. The molecule has 0 spiro atoms. The van der Waals surface area contributed by atoms with Crippen LogP contribution in [-0.4, -0.2) is 12.1 Å². The monoisotopic (exact) mass is 173 g/mol. The molecule has 0 bridgehead atoms. The van der Waals surface area contributed by atoms with Crippen molar-refractivity contribution in [2.24, 2.45) is 0 Å². The van der Waals surface area contributed by atoms with Crippen molar-refractivity contribution in [3.63, 3.8) is 0 Å². The van der Waals surface area contributed by atoms with E-state index in [1.165, 1.54) is 13.2 Å². The van der Waals surface area contributed by atoms with Crippen molar-refractivity contribution in [2.45, 2.75) is 0 Å². The van der Waals surface area contributed by atoms with Gasteiger partial charge >= 0.3 is 0 Å². The molecule has 1 rings (SSSR count). The fourth-order valence-corrected chi connectivity index (χ4v) is 0.880. The summed E-state index contributed by atoms with van der Waals surface area (Å²) in [5.74, 6) is 0.518. The van der Waals surface area contributed by atoms with Gasteiger partial charge in [0, 0.05) is 0 Å². The Morgan fingerprint density at radius 1 is 1.55 bits per heavy atom. The van der Waals surface area contributed by atoms with E-state index in [0.717, 1.165) is 0 Å². The molecule has 0 fully saturated rings. The molecule has 0 aliphatic rings. The number of methoxy groups -OCH3 is 1. The predicted octanol–water partition coefficient (Wildman–Crippen LogP) is 0.908. The first-order valence-corrected chi connectivity index (χ1v) is 3.28. The average molecular weight is 174 g/mol. The molecule has 1 aromatic heterocycles. The van der Waals surface area contributed by atoms with Crippen LogP contribution in [0.4, 0.5) is 11.5 Å². The van der Waals surface area contributed by atoms with Crippen molar-refractivity contribution in [3.8, 4) is 5.88 Å². The molecule has 0 aromatic carbocycles. The van der Waals surface area contributed by atoms with Gasteiger partial charge in [0.05, 0.1) is 12.8 Å². The minimum Gasteiger partial charge on any atom is -0.480 e. The summed E-state index contributed by atoms with van der Waals surface area (Å²) < 4.78 is 4.80. The molecule has 0 aliphatic heterocycles. The van der Waals surface area contributed by atoms with E-state index >= 15 is 0 Å². The molecule has 0 aliphatic carbocycles. The highest BCUT2D eigenvalue weighted by molar-refractivity contribution is 6.32. The molecule has 11 heavy (non-hydrogen) atoms. The summed E-state index contributed by atoms with van der Waals surface area (Å²) in [7, 11) is 1.46. The van der Waals surface area contributed by atoms with Gasteiger partial charge in [0.1, 0.15) is 5.02 Å². The van der Waals surface area contributed by atoms with Crippen LogP contribution in [0.2, 0.25) is 5.02 Å². The molecule has 0 amide bonds. The Hall–Kier alpha value is -1.16. The fraction of sp³-hybridized carbons (Fsp3) is 0.167. The number of halogens is 1. The minimum absolute atomic E-state index is 0.228. The van der Waals surface area contributed by atoms with Crippen LogP contribution < -0.4 is 16.2 Å². The highest BCUT2D eigenvalue weighted by atomic mass is 35.5. The van der Waals surface area contributed by atoms with Gasteiger partial charge in [-0.2, -0.15) is 4.98 Å². The van der Waals surface area contributed by atoms with Crippen molar-refractivity contribution < 1.29 is 4.74 Å². The zero-order valence-corrected chi connectivity index (χ0v) is 6.72. The van der Waals surface area contributed by atoms with E-state index in [1.807, 2.05) is 0 Å². The Balaban J connectivity index is 3.21. The van der Waals surface area contributed by atoms with Crippen LogP contribution in [-0.2, 0) is 0 Å². The quantitative estimate of drug-likeness (QED) is 0.662. The fourth-order valence-electron chi connectivity index (χ4n) is 0.643. The second-order valence-electron chi connectivity index (χ2n) is 1.95. The number of pyridine rings is 1. The predicted molar refractivity (Wildman–Crippen MR) is 44.6 cm³/mol. The summed E-state index contributed by atoms with van der Waals surface area (Å²) in [6.07, 6.45) is 0. The van der Waals surface area contributed by atoms with Gasteiger partial charge in [-0.15, -0.1) is 0 Å². The van der Waals surface area contributed by atoms with Crippen LogP contribution in [0, 0.1) is 0 Å². The number of nitrogen functional groups attached to an aromatic ring is 2. The zero-order valence-electron chi connectivity index (χ0n) is 5.97. The van der Waals surface area contributed by atoms with Crippen LogP contribution in [0.15, 0.2) is 6.07 Å². The number of aromatic nitrogens is 1. The van der Waals surface area contributed by atoms with Gasteiger partial charge in [0.25, 0.3) is 0 Å². The van der Waals surface area contributed by atoms with E-state index in [4.69, 9.17) is 27.8 Å². The third kappa shape index (κ3) is 1.46. The molecule has 0 saturated carbocycles. The van der Waals surface area contributed by atoms with Gasteiger partial charge in [0.2, 0.25) is 5.88 Å². The average Bonchev–Trinajstić information content (AvgIpc) is 1.97. The highest BCUT2D eigenvalue weighted by Crippen LogP contribution is 2.26. The Morgan fingerprint density at radius 3 is 2.73 bits per heavy atom. The van der Waals surface area contributed by atoms with Crippen LogP contribution in [0.25, 0.3) is 0 Å². The van der Waals surface area contributed by atoms with Crippen LogP contribution >= 0.6 is 11.6 Å². The van der Waals surface area contributed by atoms with Crippen LogP contribution in [0.3, 0.4) is 0 Å². The Kier molecular flexibility index (Phi) is 2.05. The second-order valence-corrected chi connectivity index (χ2v) is 2.36. The van der Waals surface area contributed by atoms with Crippen molar-refractivity contribution >= 4 is 23.1 Å². The Labute approximate surface area is 69.1 Å². The van der Waals surface area contributed by atoms with Crippen molar-refractivity contribution in [1.82, 2.24) is 4.98 Å². The number of nitrogens with two attached hydrogens (primary N) is 2. The summed E-state index contributed by atoms with van der Waals surface area (Å²) in [4.78, 5) is 3.79. The third-order valence-electron chi connectivity index (χ3n) is 1.20. The van der Waals surface area contributed by atoms with E-state index in [-0.39, 0.29) is 5.82 Å². The maximum atomic E-state index is 5.68. The van der Waals surface area contributed by atoms with Crippen LogP contribution in [0.1, 0.15) is 0 Å². The van der Waals surface area contributed by atoms with Gasteiger partial charge in [-0.05, 0) is 6.07 Å². The van der Waals surface area contributed by atoms with Gasteiger partial charge in [-0.25, -0.2) is 0 Å². The molecule has 0 atom stereocenters. The van der Waals surface area contributed by atoms with E-state index in [0.29, 0.717) is 16.6 Å². The summed E-state index contributed by atoms with van der Waals surface area (Å²) in [6, 6.07) is 1.50. The largest absolute Gasteiger partial charge is 0.480 e. The van der Waals surface area contributed by atoms with Gasteiger partial charge < -0.3 is 16.2 Å². The first kappa shape index (κ1) is 7.94. The number of rotatable bonds is 1. The van der Waals surface area contributed by atoms with Gasteiger partial charge in [-0.1, -0.05) is 11.6 Å².